The fourth-order valence-electron chi connectivity index (χ4n) is 1.75. The summed E-state index contributed by atoms with van der Waals surface area (Å²) in [6, 6.07) is 0. The maximum absolute atomic E-state index is 11.4. The zero-order chi connectivity index (χ0) is 20.4. The van der Waals surface area contributed by atoms with E-state index in [1.54, 1.807) is 0 Å². The van der Waals surface area contributed by atoms with Crippen LogP contribution < -0.4 is 10.6 Å². The summed E-state index contributed by atoms with van der Waals surface area (Å²) in [6.07, 6.45) is -0.0859. The number of amides is 2. The van der Waals surface area contributed by atoms with Gasteiger partial charge in [-0.25, -0.2) is 4.79 Å². The normalized spacial score (nSPS) is 11.3. The molecule has 0 unspecified atom stereocenters. The Morgan fingerprint density at radius 2 is 1.22 bits per heavy atom. The highest BCUT2D eigenvalue weighted by molar-refractivity contribution is 5.75. The van der Waals surface area contributed by atoms with Gasteiger partial charge in [0.2, 0.25) is 5.91 Å². The Hall–Kier alpha value is -1.42. The van der Waals surface area contributed by atoms with E-state index in [1.807, 2.05) is 27.7 Å². The summed E-state index contributed by atoms with van der Waals surface area (Å²) in [4.78, 5) is 22.5. The van der Waals surface area contributed by atoms with Crippen molar-refractivity contribution in [2.24, 2.45) is 0 Å². The van der Waals surface area contributed by atoms with E-state index in [2.05, 4.69) is 10.6 Å². The minimum absolute atomic E-state index is 0.00495. The van der Waals surface area contributed by atoms with Crippen LogP contribution in [0.15, 0.2) is 0 Å². The molecular weight excluding hydrogens is 356 g/mol. The first-order chi connectivity index (χ1) is 12.8. The standard InChI is InChI=1S/C18H36N2O7/c1-5-19-16(21)6-8-23-10-12-25-14-15-26-13-11-24-9-7-20-17(22)27-18(2,3)4/h5-15H2,1-4H3,(H,19,21)(H,20,22). The summed E-state index contributed by atoms with van der Waals surface area (Å²) >= 11 is 0. The van der Waals surface area contributed by atoms with Gasteiger partial charge in [0.1, 0.15) is 5.60 Å². The number of rotatable bonds is 16. The molecule has 0 fully saturated rings. The highest BCUT2D eigenvalue weighted by Gasteiger charge is 2.15. The van der Waals surface area contributed by atoms with E-state index < -0.39 is 11.7 Å². The molecule has 0 rings (SSSR count). The average molecular weight is 392 g/mol. The molecule has 0 radical (unpaired) electrons. The first-order valence-electron chi connectivity index (χ1n) is 9.39. The fraction of sp³-hybridized carbons (Fsp3) is 0.889. The predicted octanol–water partition coefficient (Wildman–Crippen LogP) is 1.10. The van der Waals surface area contributed by atoms with Gasteiger partial charge in [-0.15, -0.1) is 0 Å². The van der Waals surface area contributed by atoms with Gasteiger partial charge in [-0.2, -0.15) is 0 Å². The molecule has 0 aromatic carbocycles. The van der Waals surface area contributed by atoms with Crippen LogP contribution >= 0.6 is 0 Å². The van der Waals surface area contributed by atoms with E-state index in [1.165, 1.54) is 0 Å². The smallest absolute Gasteiger partial charge is 0.407 e. The van der Waals surface area contributed by atoms with Crippen LogP contribution in [0.4, 0.5) is 4.79 Å². The number of carbonyl (C=O) groups is 2. The van der Waals surface area contributed by atoms with Crippen LogP contribution in [0.2, 0.25) is 0 Å². The lowest BCUT2D eigenvalue weighted by Gasteiger charge is -2.19. The van der Waals surface area contributed by atoms with Gasteiger partial charge in [0.05, 0.1) is 52.9 Å². The van der Waals surface area contributed by atoms with Crippen LogP contribution in [0.3, 0.4) is 0 Å². The summed E-state index contributed by atoms with van der Waals surface area (Å²) in [5.74, 6) is -0.00495. The highest BCUT2D eigenvalue weighted by atomic mass is 16.6. The number of nitrogens with one attached hydrogen (secondary N) is 2. The second kappa shape index (κ2) is 16.7. The van der Waals surface area contributed by atoms with Gasteiger partial charge < -0.3 is 34.3 Å². The van der Waals surface area contributed by atoms with Crippen LogP contribution in [-0.2, 0) is 28.5 Å². The van der Waals surface area contributed by atoms with Crippen LogP contribution in [0, 0.1) is 0 Å². The Bertz CT molecular complexity index is 386. The summed E-state index contributed by atoms with van der Waals surface area (Å²) in [7, 11) is 0. The molecule has 0 aliphatic carbocycles. The van der Waals surface area contributed by atoms with Crippen molar-refractivity contribution in [2.75, 3.05) is 65.9 Å². The van der Waals surface area contributed by atoms with Gasteiger partial charge >= 0.3 is 6.09 Å². The highest BCUT2D eigenvalue weighted by Crippen LogP contribution is 2.05. The molecule has 27 heavy (non-hydrogen) atoms. The first-order valence-corrected chi connectivity index (χ1v) is 9.39. The number of alkyl carbamates (subject to hydrolysis) is 1. The molecule has 160 valence electrons. The number of hydrogen-bond donors (Lipinski definition) is 2. The Balaban J connectivity index is 3.19. The lowest BCUT2D eigenvalue weighted by Crippen LogP contribution is -2.34. The summed E-state index contributed by atoms with van der Waals surface area (Å²) in [5.41, 5.74) is -0.502. The van der Waals surface area contributed by atoms with Gasteiger partial charge in [-0.3, -0.25) is 4.79 Å². The molecule has 0 spiro atoms. The second-order valence-electron chi connectivity index (χ2n) is 6.58. The first kappa shape index (κ1) is 25.6. The molecule has 0 aromatic heterocycles. The van der Waals surface area contributed by atoms with Gasteiger partial charge in [0.25, 0.3) is 0 Å². The monoisotopic (exact) mass is 392 g/mol. The van der Waals surface area contributed by atoms with Crippen LogP contribution in [0.1, 0.15) is 34.1 Å². The zero-order valence-electron chi connectivity index (χ0n) is 17.1. The molecular formula is C18H36N2O7. The second-order valence-corrected chi connectivity index (χ2v) is 6.58. The van der Waals surface area contributed by atoms with E-state index in [0.717, 1.165) is 0 Å². The number of ether oxygens (including phenoxy) is 5. The summed E-state index contributed by atoms with van der Waals surface area (Å²) < 4.78 is 26.4. The Kier molecular flexibility index (Phi) is 15.9. The molecule has 0 aromatic rings. The van der Waals surface area contributed by atoms with Crippen molar-refractivity contribution in [2.45, 2.75) is 39.7 Å². The lowest BCUT2D eigenvalue weighted by molar-refractivity contribution is -0.122. The van der Waals surface area contributed by atoms with Crippen LogP contribution in [-0.4, -0.2) is 83.5 Å². The molecule has 0 heterocycles. The number of hydrogen-bond acceptors (Lipinski definition) is 7. The van der Waals surface area contributed by atoms with E-state index in [4.69, 9.17) is 23.7 Å². The lowest BCUT2D eigenvalue weighted by atomic mass is 10.2. The fourth-order valence-corrected chi connectivity index (χ4v) is 1.75. The molecule has 0 saturated heterocycles. The third-order valence-electron chi connectivity index (χ3n) is 2.88. The van der Waals surface area contributed by atoms with Crippen molar-refractivity contribution in [3.05, 3.63) is 0 Å². The summed E-state index contributed by atoms with van der Waals surface area (Å²) in [6.45, 7) is 11.9. The Morgan fingerprint density at radius 1 is 0.741 bits per heavy atom. The van der Waals surface area contributed by atoms with Crippen molar-refractivity contribution in [3.8, 4) is 0 Å². The van der Waals surface area contributed by atoms with Crippen LogP contribution in [0.25, 0.3) is 0 Å². The molecule has 0 atom stereocenters. The maximum Gasteiger partial charge on any atom is 0.407 e. The Morgan fingerprint density at radius 3 is 1.70 bits per heavy atom. The van der Waals surface area contributed by atoms with Crippen molar-refractivity contribution in [1.82, 2.24) is 10.6 Å². The van der Waals surface area contributed by atoms with Crippen molar-refractivity contribution in [3.63, 3.8) is 0 Å². The van der Waals surface area contributed by atoms with Crippen LogP contribution in [0.5, 0.6) is 0 Å². The van der Waals surface area contributed by atoms with E-state index in [0.29, 0.717) is 72.4 Å². The minimum Gasteiger partial charge on any atom is -0.444 e. The molecule has 0 aliphatic heterocycles. The Labute approximate surface area is 162 Å². The summed E-state index contributed by atoms with van der Waals surface area (Å²) in [5, 5.41) is 5.31. The average Bonchev–Trinajstić information content (AvgIpc) is 2.57. The van der Waals surface area contributed by atoms with E-state index in [9.17, 15) is 9.59 Å². The molecule has 0 bridgehead atoms. The predicted molar refractivity (Wildman–Crippen MR) is 101 cm³/mol. The van der Waals surface area contributed by atoms with E-state index >= 15 is 0 Å². The quantitative estimate of drug-likeness (QED) is 0.379. The molecule has 0 saturated carbocycles. The van der Waals surface area contributed by atoms with Crippen molar-refractivity contribution < 1.29 is 33.3 Å². The third-order valence-corrected chi connectivity index (χ3v) is 2.88. The zero-order valence-corrected chi connectivity index (χ0v) is 17.1. The minimum atomic E-state index is -0.502. The molecule has 2 N–H and O–H groups in total. The SMILES string of the molecule is CCNC(=O)CCOCCOCCOCCOCCNC(=O)OC(C)(C)C. The number of carbonyl (C=O) groups excluding carboxylic acids is 2. The van der Waals surface area contributed by atoms with Gasteiger partial charge in [0, 0.05) is 19.5 Å². The van der Waals surface area contributed by atoms with Gasteiger partial charge in [-0.05, 0) is 27.7 Å². The topological polar surface area (TPSA) is 104 Å². The maximum atomic E-state index is 11.4. The molecule has 2 amide bonds. The largest absolute Gasteiger partial charge is 0.444 e. The molecule has 9 heteroatoms. The van der Waals surface area contributed by atoms with E-state index in [-0.39, 0.29) is 5.91 Å². The van der Waals surface area contributed by atoms with Crippen molar-refractivity contribution >= 4 is 12.0 Å². The van der Waals surface area contributed by atoms with Gasteiger partial charge in [-0.1, -0.05) is 0 Å². The molecule has 0 aliphatic rings. The van der Waals surface area contributed by atoms with Gasteiger partial charge in [0.15, 0.2) is 0 Å². The third kappa shape index (κ3) is 20.7. The molecule has 9 nitrogen and oxygen atoms in total. The van der Waals surface area contributed by atoms with Crippen molar-refractivity contribution in [1.29, 1.82) is 0 Å².